The zero-order valence-electron chi connectivity index (χ0n) is 6.48. The summed E-state index contributed by atoms with van der Waals surface area (Å²) in [5, 5.41) is 0. The molecule has 0 aromatic carbocycles. The van der Waals surface area contributed by atoms with E-state index in [1.165, 1.54) is 19.3 Å². The molecule has 9 heavy (non-hydrogen) atoms. The van der Waals surface area contributed by atoms with Crippen LogP contribution >= 0.6 is 0 Å². The molecule has 0 heterocycles. The van der Waals surface area contributed by atoms with Crippen molar-refractivity contribution in [1.82, 2.24) is 5.43 Å². The summed E-state index contributed by atoms with van der Waals surface area (Å²) in [5.41, 5.74) is 2.70. The lowest BCUT2D eigenvalue weighted by molar-refractivity contribution is 0.434. The van der Waals surface area contributed by atoms with Crippen LogP contribution in [-0.4, -0.2) is 6.54 Å². The van der Waals surface area contributed by atoms with Crippen LogP contribution in [0.3, 0.4) is 0 Å². The SMILES string of the molecule is CCCC(CC)CNN. The van der Waals surface area contributed by atoms with E-state index in [1.807, 2.05) is 0 Å². The van der Waals surface area contributed by atoms with E-state index in [0.29, 0.717) is 0 Å². The Morgan fingerprint density at radius 1 is 1.44 bits per heavy atom. The smallest absolute Gasteiger partial charge is 0.0126 e. The van der Waals surface area contributed by atoms with Crippen LogP contribution in [0.5, 0.6) is 0 Å². The summed E-state index contributed by atoms with van der Waals surface area (Å²) in [5.74, 6) is 5.96. The number of hydrogen-bond acceptors (Lipinski definition) is 2. The third-order valence-electron chi connectivity index (χ3n) is 1.68. The van der Waals surface area contributed by atoms with Crippen LogP contribution in [0.1, 0.15) is 33.1 Å². The molecule has 0 fully saturated rings. The van der Waals surface area contributed by atoms with Gasteiger partial charge in [0.15, 0.2) is 0 Å². The first kappa shape index (κ1) is 8.92. The van der Waals surface area contributed by atoms with Crippen LogP contribution in [0.2, 0.25) is 0 Å². The van der Waals surface area contributed by atoms with Gasteiger partial charge in [0, 0.05) is 6.54 Å². The third kappa shape index (κ3) is 4.43. The first-order chi connectivity index (χ1) is 4.35. The van der Waals surface area contributed by atoms with Gasteiger partial charge in [0.25, 0.3) is 0 Å². The number of hydrogen-bond donors (Lipinski definition) is 2. The van der Waals surface area contributed by atoms with Crippen molar-refractivity contribution in [2.45, 2.75) is 33.1 Å². The maximum atomic E-state index is 5.19. The highest BCUT2D eigenvalue weighted by Gasteiger charge is 2.01. The van der Waals surface area contributed by atoms with Crippen molar-refractivity contribution in [3.8, 4) is 0 Å². The number of nitrogens with two attached hydrogens (primary N) is 1. The standard InChI is InChI=1S/C7H18N2/c1-3-5-7(4-2)6-9-8/h7,9H,3-6,8H2,1-2H3. The Kier molecular flexibility index (Phi) is 5.99. The van der Waals surface area contributed by atoms with Gasteiger partial charge in [-0.05, 0) is 12.3 Å². The van der Waals surface area contributed by atoms with Crippen molar-refractivity contribution in [1.29, 1.82) is 0 Å². The second kappa shape index (κ2) is 6.05. The summed E-state index contributed by atoms with van der Waals surface area (Å²) in [6.45, 7) is 5.38. The first-order valence-electron chi connectivity index (χ1n) is 3.78. The topological polar surface area (TPSA) is 38.0 Å². The molecular weight excluding hydrogens is 112 g/mol. The van der Waals surface area contributed by atoms with Crippen molar-refractivity contribution >= 4 is 0 Å². The van der Waals surface area contributed by atoms with Crippen LogP contribution in [0.4, 0.5) is 0 Å². The molecule has 2 nitrogen and oxygen atoms in total. The van der Waals surface area contributed by atoms with Gasteiger partial charge >= 0.3 is 0 Å². The van der Waals surface area contributed by atoms with Gasteiger partial charge in [0.05, 0.1) is 0 Å². The zero-order valence-corrected chi connectivity index (χ0v) is 6.48. The van der Waals surface area contributed by atoms with Gasteiger partial charge in [0.1, 0.15) is 0 Å². The lowest BCUT2D eigenvalue weighted by atomic mass is 10.0. The molecule has 0 aromatic rings. The lowest BCUT2D eigenvalue weighted by Gasteiger charge is -2.11. The molecule has 0 radical (unpaired) electrons. The highest BCUT2D eigenvalue weighted by molar-refractivity contribution is 4.56. The summed E-state index contributed by atoms with van der Waals surface area (Å²) in [4.78, 5) is 0. The van der Waals surface area contributed by atoms with E-state index in [-0.39, 0.29) is 0 Å². The van der Waals surface area contributed by atoms with E-state index < -0.39 is 0 Å². The number of rotatable bonds is 5. The molecule has 0 aliphatic heterocycles. The van der Waals surface area contributed by atoms with Crippen LogP contribution in [0, 0.1) is 5.92 Å². The second-order valence-corrected chi connectivity index (χ2v) is 2.47. The van der Waals surface area contributed by atoms with Gasteiger partial charge in [-0.25, -0.2) is 0 Å². The molecule has 1 unspecified atom stereocenters. The quantitative estimate of drug-likeness (QED) is 0.434. The van der Waals surface area contributed by atoms with Crippen molar-refractivity contribution in [2.24, 2.45) is 11.8 Å². The van der Waals surface area contributed by atoms with Gasteiger partial charge in [0.2, 0.25) is 0 Å². The minimum atomic E-state index is 0.778. The highest BCUT2D eigenvalue weighted by atomic mass is 15.2. The van der Waals surface area contributed by atoms with Gasteiger partial charge in [-0.2, -0.15) is 0 Å². The molecule has 56 valence electrons. The summed E-state index contributed by atoms with van der Waals surface area (Å²) in [6, 6.07) is 0. The number of hydrazine groups is 1. The fraction of sp³-hybridized carbons (Fsp3) is 1.00. The predicted octanol–water partition coefficient (Wildman–Crippen LogP) is 1.28. The molecule has 0 spiro atoms. The van der Waals surface area contributed by atoms with Gasteiger partial charge < -0.3 is 0 Å². The van der Waals surface area contributed by atoms with E-state index in [2.05, 4.69) is 19.3 Å². The summed E-state index contributed by atoms with van der Waals surface area (Å²) in [7, 11) is 0. The Balaban J connectivity index is 3.18. The summed E-state index contributed by atoms with van der Waals surface area (Å²) in [6.07, 6.45) is 3.79. The van der Waals surface area contributed by atoms with E-state index in [1.54, 1.807) is 0 Å². The monoisotopic (exact) mass is 130 g/mol. The predicted molar refractivity (Wildman–Crippen MR) is 40.9 cm³/mol. The van der Waals surface area contributed by atoms with Crippen molar-refractivity contribution in [3.63, 3.8) is 0 Å². The summed E-state index contributed by atoms with van der Waals surface area (Å²) >= 11 is 0. The zero-order chi connectivity index (χ0) is 7.11. The van der Waals surface area contributed by atoms with Gasteiger partial charge in [-0.3, -0.25) is 11.3 Å². The van der Waals surface area contributed by atoms with Crippen molar-refractivity contribution < 1.29 is 0 Å². The van der Waals surface area contributed by atoms with Crippen LogP contribution in [-0.2, 0) is 0 Å². The minimum Gasteiger partial charge on any atom is -0.271 e. The molecule has 0 rings (SSSR count). The average molecular weight is 130 g/mol. The van der Waals surface area contributed by atoms with E-state index in [0.717, 1.165) is 12.5 Å². The largest absolute Gasteiger partial charge is 0.271 e. The van der Waals surface area contributed by atoms with Crippen LogP contribution < -0.4 is 11.3 Å². The average Bonchev–Trinajstić information content (AvgIpc) is 1.88. The second-order valence-electron chi connectivity index (χ2n) is 2.47. The van der Waals surface area contributed by atoms with Gasteiger partial charge in [-0.1, -0.05) is 26.7 Å². The Hall–Kier alpha value is -0.0800. The Morgan fingerprint density at radius 3 is 2.44 bits per heavy atom. The van der Waals surface area contributed by atoms with Gasteiger partial charge in [-0.15, -0.1) is 0 Å². The fourth-order valence-electron chi connectivity index (χ4n) is 1.03. The fourth-order valence-corrected chi connectivity index (χ4v) is 1.03. The molecule has 0 saturated heterocycles. The maximum absolute atomic E-state index is 5.19. The Morgan fingerprint density at radius 2 is 2.11 bits per heavy atom. The van der Waals surface area contributed by atoms with Crippen molar-refractivity contribution in [3.05, 3.63) is 0 Å². The number of nitrogens with one attached hydrogen (secondary N) is 1. The minimum absolute atomic E-state index is 0.778. The van der Waals surface area contributed by atoms with E-state index in [4.69, 9.17) is 5.84 Å². The molecule has 1 atom stereocenters. The molecule has 0 aliphatic carbocycles. The third-order valence-corrected chi connectivity index (χ3v) is 1.68. The molecule has 0 aromatic heterocycles. The van der Waals surface area contributed by atoms with Crippen LogP contribution in [0.15, 0.2) is 0 Å². The molecule has 2 heteroatoms. The highest BCUT2D eigenvalue weighted by Crippen LogP contribution is 2.07. The van der Waals surface area contributed by atoms with E-state index in [9.17, 15) is 0 Å². The molecule has 3 N–H and O–H groups in total. The molecule has 0 saturated carbocycles. The lowest BCUT2D eigenvalue weighted by Crippen LogP contribution is -2.28. The first-order valence-corrected chi connectivity index (χ1v) is 3.78. The van der Waals surface area contributed by atoms with Crippen LogP contribution in [0.25, 0.3) is 0 Å². The van der Waals surface area contributed by atoms with E-state index >= 15 is 0 Å². The molecule has 0 aliphatic rings. The molecule has 0 amide bonds. The van der Waals surface area contributed by atoms with Crippen molar-refractivity contribution in [2.75, 3.05) is 6.54 Å². The molecular formula is C7H18N2. The Labute approximate surface area is 57.8 Å². The normalized spacial score (nSPS) is 13.7. The Bertz CT molecular complexity index is 48.9. The molecule has 0 bridgehead atoms. The summed E-state index contributed by atoms with van der Waals surface area (Å²) < 4.78 is 0. The maximum Gasteiger partial charge on any atom is 0.0126 e.